The highest BCUT2D eigenvalue weighted by molar-refractivity contribution is 5.74. The van der Waals surface area contributed by atoms with Crippen LogP contribution in [0.3, 0.4) is 0 Å². The first-order valence-corrected chi connectivity index (χ1v) is 5.80. The highest BCUT2D eigenvalue weighted by Gasteiger charge is 2.20. The van der Waals surface area contributed by atoms with Gasteiger partial charge in [-0.25, -0.2) is 0 Å². The van der Waals surface area contributed by atoms with Crippen LogP contribution in [0.15, 0.2) is 0 Å². The van der Waals surface area contributed by atoms with E-state index in [0.717, 1.165) is 0 Å². The number of ether oxygens (including phenoxy) is 1. The van der Waals surface area contributed by atoms with Gasteiger partial charge in [-0.15, -0.1) is 9.97 Å². The Bertz CT molecular complexity index is 461. The Hall–Kier alpha value is -1.67. The Labute approximate surface area is 125 Å². The number of hydrogen-bond acceptors (Lipinski definition) is 7. The number of halogens is 1. The lowest BCUT2D eigenvalue weighted by molar-refractivity contribution is -0.138. The van der Waals surface area contributed by atoms with Crippen LogP contribution in [0.25, 0.3) is 0 Å². The maximum atomic E-state index is 11.1. The number of anilines is 2. The van der Waals surface area contributed by atoms with Gasteiger partial charge in [-0.05, 0) is 0 Å². The van der Waals surface area contributed by atoms with Gasteiger partial charge in [0.15, 0.2) is 0 Å². The van der Waals surface area contributed by atoms with E-state index in [0.29, 0.717) is 22.3 Å². The van der Waals surface area contributed by atoms with Gasteiger partial charge >= 0.3 is 11.9 Å². The zero-order valence-electron chi connectivity index (χ0n) is 12.6. The predicted octanol–water partition coefficient (Wildman–Crippen LogP) is -3.28. The Balaban J connectivity index is 0.00000361. The smallest absolute Gasteiger partial charge is 0.334 e. The number of carbonyl (C=O) groups excluding carboxylic acids is 1. The van der Waals surface area contributed by atoms with Gasteiger partial charge < -0.3 is 27.4 Å². The van der Waals surface area contributed by atoms with E-state index in [2.05, 4.69) is 25.0 Å². The van der Waals surface area contributed by atoms with Gasteiger partial charge in [-0.1, -0.05) is 0 Å². The average Bonchev–Trinajstić information content (AvgIpc) is 2.34. The molecule has 0 saturated carbocycles. The van der Waals surface area contributed by atoms with Crippen molar-refractivity contribution in [3.8, 4) is 0 Å². The number of quaternary nitrogens is 1. The topological polar surface area (TPSA) is 80.2 Å². The Morgan fingerprint density at radius 2 is 1.85 bits per heavy atom. The van der Waals surface area contributed by atoms with Crippen molar-refractivity contribution in [2.75, 3.05) is 59.1 Å². The number of carbonyl (C=O) groups is 1. The van der Waals surface area contributed by atoms with Crippen LogP contribution in [0.5, 0.6) is 0 Å². The van der Waals surface area contributed by atoms with Crippen LogP contribution < -0.4 is 27.1 Å². The molecule has 9 heteroatoms. The molecular weight excluding hydrogens is 284 g/mol. The molecule has 0 radical (unpaired) electrons. The molecule has 0 aliphatic heterocycles. The molecule has 1 rings (SSSR count). The molecular formula is C11H21ClN6O2. The van der Waals surface area contributed by atoms with Crippen molar-refractivity contribution in [3.05, 3.63) is 0 Å². The number of nitrogens with zero attached hydrogens (tertiary/aromatic N) is 5. The molecule has 0 saturated heterocycles. The number of hydrogen-bond donors (Lipinski definition) is 1. The van der Waals surface area contributed by atoms with Crippen LogP contribution in [-0.2, 0) is 9.53 Å². The number of methoxy groups -OCH3 is 1. The van der Waals surface area contributed by atoms with Gasteiger partial charge in [-0.3, -0.25) is 9.28 Å². The first kappa shape index (κ1) is 18.3. The second-order valence-corrected chi connectivity index (χ2v) is 5.10. The molecule has 1 aromatic heterocycles. The van der Waals surface area contributed by atoms with E-state index in [4.69, 9.17) is 0 Å². The molecule has 0 aliphatic rings. The quantitative estimate of drug-likeness (QED) is 0.451. The van der Waals surface area contributed by atoms with Gasteiger partial charge in [0, 0.05) is 14.1 Å². The Morgan fingerprint density at radius 1 is 1.25 bits per heavy atom. The summed E-state index contributed by atoms with van der Waals surface area (Å²) < 4.78 is 5.01. The van der Waals surface area contributed by atoms with Crippen LogP contribution >= 0.6 is 0 Å². The van der Waals surface area contributed by atoms with E-state index in [-0.39, 0.29) is 24.9 Å². The van der Waals surface area contributed by atoms with Crippen LogP contribution in [0.4, 0.5) is 17.8 Å². The Kier molecular flexibility index (Phi) is 6.60. The average molecular weight is 305 g/mol. The standard InChI is InChI=1S/C11H21N6O2.ClH/c1-16(2)10-13-9(12-7-8(18)19-6)14-11(15-10)17(3,4)5;/h7H2,1-6H3,(H,12,13,14,15);1H/q+1;/p-1. The fourth-order valence-corrected chi connectivity index (χ4v) is 1.16. The van der Waals surface area contributed by atoms with E-state index in [1.165, 1.54) is 7.11 Å². The second kappa shape index (κ2) is 7.20. The zero-order chi connectivity index (χ0) is 14.6. The number of aromatic nitrogens is 3. The molecule has 0 atom stereocenters. The first-order valence-electron chi connectivity index (χ1n) is 5.80. The van der Waals surface area contributed by atoms with E-state index in [9.17, 15) is 4.79 Å². The van der Waals surface area contributed by atoms with Gasteiger partial charge in [0.2, 0.25) is 11.9 Å². The summed E-state index contributed by atoms with van der Waals surface area (Å²) in [5.41, 5.74) is 0. The van der Waals surface area contributed by atoms with Crippen LogP contribution in [0.2, 0.25) is 0 Å². The minimum Gasteiger partial charge on any atom is -1.00 e. The second-order valence-electron chi connectivity index (χ2n) is 5.10. The molecule has 1 N–H and O–H groups in total. The molecule has 0 bridgehead atoms. The largest absolute Gasteiger partial charge is 1.00 e. The molecule has 8 nitrogen and oxygen atoms in total. The van der Waals surface area contributed by atoms with Crippen molar-refractivity contribution in [2.45, 2.75) is 0 Å². The lowest BCUT2D eigenvalue weighted by atomic mass is 10.6. The highest BCUT2D eigenvalue weighted by Crippen LogP contribution is 2.16. The number of esters is 1. The minimum atomic E-state index is -0.376. The third-order valence-electron chi connectivity index (χ3n) is 2.23. The lowest BCUT2D eigenvalue weighted by Crippen LogP contribution is -3.00. The SMILES string of the molecule is COC(=O)CNc1nc(N(C)C)nc([N+](C)(C)C)n1.[Cl-]. The van der Waals surface area contributed by atoms with Crippen molar-refractivity contribution in [1.29, 1.82) is 0 Å². The van der Waals surface area contributed by atoms with Crippen LogP contribution in [0.1, 0.15) is 0 Å². The molecule has 20 heavy (non-hydrogen) atoms. The molecule has 1 aromatic rings. The summed E-state index contributed by atoms with van der Waals surface area (Å²) in [6, 6.07) is 0. The third kappa shape index (κ3) is 5.14. The molecule has 0 amide bonds. The summed E-state index contributed by atoms with van der Waals surface area (Å²) >= 11 is 0. The molecule has 0 aromatic carbocycles. The van der Waals surface area contributed by atoms with Crippen LogP contribution in [0, 0.1) is 0 Å². The fourth-order valence-electron chi connectivity index (χ4n) is 1.16. The number of nitrogens with one attached hydrogen (secondary N) is 1. The normalized spacial score (nSPS) is 10.5. The first-order chi connectivity index (χ1) is 8.74. The molecule has 0 spiro atoms. The summed E-state index contributed by atoms with van der Waals surface area (Å²) in [4.78, 5) is 25.8. The Morgan fingerprint density at radius 3 is 2.30 bits per heavy atom. The summed E-state index contributed by atoms with van der Waals surface area (Å²) in [5, 5.41) is 2.83. The summed E-state index contributed by atoms with van der Waals surface area (Å²) in [6.07, 6.45) is 0. The van der Waals surface area contributed by atoms with Crippen molar-refractivity contribution < 1.29 is 21.9 Å². The molecule has 0 aliphatic carbocycles. The van der Waals surface area contributed by atoms with Crippen molar-refractivity contribution in [1.82, 2.24) is 19.4 Å². The molecule has 1 heterocycles. The predicted molar refractivity (Wildman–Crippen MR) is 74.2 cm³/mol. The number of rotatable bonds is 5. The minimum absolute atomic E-state index is 0. The third-order valence-corrected chi connectivity index (χ3v) is 2.23. The van der Waals surface area contributed by atoms with Crippen molar-refractivity contribution in [2.24, 2.45) is 0 Å². The van der Waals surface area contributed by atoms with E-state index >= 15 is 0 Å². The lowest BCUT2D eigenvalue weighted by Gasteiger charge is -2.22. The maximum Gasteiger partial charge on any atom is 0.334 e. The highest BCUT2D eigenvalue weighted by atomic mass is 35.5. The van der Waals surface area contributed by atoms with Crippen molar-refractivity contribution >= 4 is 23.8 Å². The monoisotopic (exact) mass is 304 g/mol. The van der Waals surface area contributed by atoms with Gasteiger partial charge in [0.25, 0.3) is 0 Å². The van der Waals surface area contributed by atoms with Crippen molar-refractivity contribution in [3.63, 3.8) is 0 Å². The molecule has 0 fully saturated rings. The maximum absolute atomic E-state index is 11.1. The van der Waals surface area contributed by atoms with Gasteiger partial charge in [0.1, 0.15) is 6.54 Å². The fraction of sp³-hybridized carbons (Fsp3) is 0.636. The van der Waals surface area contributed by atoms with Gasteiger partial charge in [-0.2, -0.15) is 4.98 Å². The van der Waals surface area contributed by atoms with E-state index < -0.39 is 0 Å². The summed E-state index contributed by atoms with van der Waals surface area (Å²) in [6.45, 7) is 0.0178. The van der Waals surface area contributed by atoms with Gasteiger partial charge in [0.05, 0.1) is 28.3 Å². The van der Waals surface area contributed by atoms with E-state index in [1.54, 1.807) is 4.90 Å². The summed E-state index contributed by atoms with van der Waals surface area (Å²) in [5.74, 6) is 1.11. The molecule has 114 valence electrons. The van der Waals surface area contributed by atoms with Crippen LogP contribution in [-0.4, -0.2) is 69.8 Å². The van der Waals surface area contributed by atoms with E-state index in [1.807, 2.05) is 35.2 Å². The molecule has 0 unspecified atom stereocenters. The zero-order valence-corrected chi connectivity index (χ0v) is 13.4. The summed E-state index contributed by atoms with van der Waals surface area (Å²) in [7, 11) is 10.9.